The van der Waals surface area contributed by atoms with Gasteiger partial charge in [0, 0.05) is 52.4 Å². The molecule has 0 aromatic rings. The van der Waals surface area contributed by atoms with E-state index in [1.54, 1.807) is 0 Å². The largest absolute Gasteiger partial charge is 0.469 e. The Morgan fingerprint density at radius 3 is 0.892 bits per heavy atom. The Hall–Kier alpha value is -2.28. The highest BCUT2D eigenvalue weighted by Gasteiger charge is 2.19. The molecule has 1 heterocycles. The van der Waals surface area contributed by atoms with Crippen molar-refractivity contribution < 1.29 is 38.1 Å². The first-order chi connectivity index (χ1) is 31.8. The zero-order chi connectivity index (χ0) is 47.3. The fourth-order valence-electron chi connectivity index (χ4n) is 8.53. The van der Waals surface area contributed by atoms with Crippen LogP contribution in [0.3, 0.4) is 0 Å². The third kappa shape index (κ3) is 39.4. The number of ether oxygens (including phenoxy) is 4. The summed E-state index contributed by atoms with van der Waals surface area (Å²) >= 11 is 0. The summed E-state index contributed by atoms with van der Waals surface area (Å²) in [6.07, 6.45) is 32.4. The minimum absolute atomic E-state index is 0.148. The summed E-state index contributed by atoms with van der Waals surface area (Å²) in [5.74, 6) is -0.686. The second kappa shape index (κ2) is 45.5. The Bertz CT molecular complexity index is 1080. The van der Waals surface area contributed by atoms with E-state index >= 15 is 0 Å². The van der Waals surface area contributed by atoms with Crippen LogP contribution in [0.25, 0.3) is 0 Å². The van der Waals surface area contributed by atoms with Gasteiger partial charge in [0.25, 0.3) is 0 Å². The van der Waals surface area contributed by atoms with Crippen molar-refractivity contribution in [3.05, 3.63) is 0 Å². The SMILES string of the molecule is CCCCCCCCCCOC(=O)CCN(CCCN1CCN(CCCN(CCC(=O)OCCCCCCCCCC)CCC(=O)OCCCCCCCCCC)CC1)CCC(=O)OC. The molecule has 1 saturated heterocycles. The second-order valence-corrected chi connectivity index (χ2v) is 18.7. The molecule has 0 N–H and O–H groups in total. The summed E-state index contributed by atoms with van der Waals surface area (Å²) in [5.41, 5.74) is 0. The van der Waals surface area contributed by atoms with Gasteiger partial charge in [0.1, 0.15) is 0 Å². The summed E-state index contributed by atoms with van der Waals surface area (Å²) in [6.45, 7) is 18.2. The van der Waals surface area contributed by atoms with E-state index in [0.29, 0.717) is 71.7 Å². The van der Waals surface area contributed by atoms with Crippen LogP contribution in [0.4, 0.5) is 0 Å². The zero-order valence-corrected chi connectivity index (χ0v) is 42.9. The predicted octanol–water partition coefficient (Wildman–Crippen LogP) is 10.8. The second-order valence-electron chi connectivity index (χ2n) is 18.7. The molecular formula is C53H102N4O8. The number of hydrogen-bond acceptors (Lipinski definition) is 12. The Morgan fingerprint density at radius 1 is 0.354 bits per heavy atom. The number of carbonyl (C=O) groups excluding carboxylic acids is 4. The number of methoxy groups -OCH3 is 1. The van der Waals surface area contributed by atoms with Gasteiger partial charge in [-0.3, -0.25) is 19.2 Å². The molecular weight excluding hydrogens is 821 g/mol. The maximum atomic E-state index is 12.7. The average Bonchev–Trinajstić information content (AvgIpc) is 3.31. The Labute approximate surface area is 399 Å². The standard InChI is InChI=1S/C53H102N4O8/c1-5-8-11-14-17-20-23-26-47-63-51(59)32-40-54(39-31-50(58)62-4)35-29-37-56-43-45-57(46-44-56)38-30-36-55(41-33-52(60)64-48-27-24-21-18-15-12-9-6-2)42-34-53(61)65-49-28-25-22-19-16-13-10-7-3/h5-49H2,1-4H3. The molecule has 1 fully saturated rings. The molecule has 12 heteroatoms. The van der Waals surface area contributed by atoms with Crippen LogP contribution in [0.2, 0.25) is 0 Å². The van der Waals surface area contributed by atoms with Crippen molar-refractivity contribution in [1.82, 2.24) is 19.6 Å². The van der Waals surface area contributed by atoms with Gasteiger partial charge in [0.2, 0.25) is 0 Å². The van der Waals surface area contributed by atoms with Gasteiger partial charge in [0.05, 0.1) is 52.6 Å². The first kappa shape index (κ1) is 60.7. The van der Waals surface area contributed by atoms with Crippen molar-refractivity contribution in [1.29, 1.82) is 0 Å². The van der Waals surface area contributed by atoms with E-state index < -0.39 is 0 Å². The summed E-state index contributed by atoms with van der Waals surface area (Å²) in [5, 5.41) is 0. The number of nitrogens with zero attached hydrogens (tertiary/aromatic N) is 4. The number of rotatable bonds is 47. The van der Waals surface area contributed by atoms with E-state index in [0.717, 1.165) is 104 Å². The van der Waals surface area contributed by atoms with E-state index in [9.17, 15) is 19.2 Å². The minimum atomic E-state index is -0.231. The monoisotopic (exact) mass is 923 g/mol. The van der Waals surface area contributed by atoms with Crippen LogP contribution in [0.15, 0.2) is 0 Å². The topological polar surface area (TPSA) is 118 Å². The van der Waals surface area contributed by atoms with Gasteiger partial charge in [-0.05, 0) is 58.3 Å². The van der Waals surface area contributed by atoms with Crippen LogP contribution in [0, 0.1) is 0 Å². The summed E-state index contributed by atoms with van der Waals surface area (Å²) < 4.78 is 21.6. The Morgan fingerprint density at radius 2 is 0.615 bits per heavy atom. The summed E-state index contributed by atoms with van der Waals surface area (Å²) in [4.78, 5) is 59.3. The van der Waals surface area contributed by atoms with Crippen molar-refractivity contribution in [2.75, 3.05) is 105 Å². The van der Waals surface area contributed by atoms with Crippen molar-refractivity contribution in [2.24, 2.45) is 0 Å². The van der Waals surface area contributed by atoms with E-state index in [4.69, 9.17) is 18.9 Å². The third-order valence-corrected chi connectivity index (χ3v) is 12.9. The number of hydrogen-bond donors (Lipinski definition) is 0. The average molecular weight is 923 g/mol. The van der Waals surface area contributed by atoms with Crippen LogP contribution < -0.4 is 0 Å². The maximum Gasteiger partial charge on any atom is 0.307 e. The molecule has 1 rings (SSSR count). The lowest BCUT2D eigenvalue weighted by molar-refractivity contribution is -0.145. The van der Waals surface area contributed by atoms with Gasteiger partial charge in [-0.1, -0.05) is 156 Å². The third-order valence-electron chi connectivity index (χ3n) is 12.9. The maximum absolute atomic E-state index is 12.7. The van der Waals surface area contributed by atoms with Crippen molar-refractivity contribution in [3.8, 4) is 0 Å². The highest BCUT2D eigenvalue weighted by atomic mass is 16.5. The van der Waals surface area contributed by atoms with Crippen LogP contribution >= 0.6 is 0 Å². The number of piperazine rings is 1. The van der Waals surface area contributed by atoms with Gasteiger partial charge in [-0.25, -0.2) is 0 Å². The van der Waals surface area contributed by atoms with E-state index in [2.05, 4.69) is 40.4 Å². The van der Waals surface area contributed by atoms with E-state index in [1.165, 1.54) is 123 Å². The molecule has 1 aliphatic rings. The molecule has 0 bridgehead atoms. The molecule has 65 heavy (non-hydrogen) atoms. The minimum Gasteiger partial charge on any atom is -0.469 e. The molecule has 0 atom stereocenters. The van der Waals surface area contributed by atoms with Crippen LogP contribution in [-0.2, 0) is 38.1 Å². The fourth-order valence-corrected chi connectivity index (χ4v) is 8.53. The van der Waals surface area contributed by atoms with Gasteiger partial charge >= 0.3 is 23.9 Å². The van der Waals surface area contributed by atoms with Gasteiger partial charge in [-0.2, -0.15) is 0 Å². The molecule has 0 saturated carbocycles. The molecule has 0 radical (unpaired) electrons. The smallest absolute Gasteiger partial charge is 0.307 e. The lowest BCUT2D eigenvalue weighted by Crippen LogP contribution is -2.47. The first-order valence-electron chi connectivity index (χ1n) is 27.2. The Balaban J connectivity index is 2.45. The van der Waals surface area contributed by atoms with Crippen LogP contribution in [0.5, 0.6) is 0 Å². The highest BCUT2D eigenvalue weighted by Crippen LogP contribution is 2.12. The van der Waals surface area contributed by atoms with Crippen LogP contribution in [0.1, 0.15) is 213 Å². The van der Waals surface area contributed by atoms with Crippen LogP contribution in [-0.4, -0.2) is 149 Å². The molecule has 0 unspecified atom stereocenters. The summed E-state index contributed by atoms with van der Waals surface area (Å²) in [6, 6.07) is 0. The van der Waals surface area contributed by atoms with Gasteiger partial charge in [-0.15, -0.1) is 0 Å². The zero-order valence-electron chi connectivity index (χ0n) is 42.9. The lowest BCUT2D eigenvalue weighted by atomic mass is 10.1. The summed E-state index contributed by atoms with van der Waals surface area (Å²) in [7, 11) is 1.42. The molecule has 0 spiro atoms. The van der Waals surface area contributed by atoms with Crippen molar-refractivity contribution >= 4 is 23.9 Å². The number of unbranched alkanes of at least 4 members (excludes halogenated alkanes) is 21. The van der Waals surface area contributed by atoms with Crippen molar-refractivity contribution in [2.45, 2.75) is 213 Å². The molecule has 12 nitrogen and oxygen atoms in total. The molecule has 0 amide bonds. The van der Waals surface area contributed by atoms with E-state index in [-0.39, 0.29) is 23.9 Å². The predicted molar refractivity (Wildman–Crippen MR) is 266 cm³/mol. The lowest BCUT2D eigenvalue weighted by Gasteiger charge is -2.35. The first-order valence-corrected chi connectivity index (χ1v) is 27.2. The van der Waals surface area contributed by atoms with Crippen molar-refractivity contribution in [3.63, 3.8) is 0 Å². The van der Waals surface area contributed by atoms with Gasteiger partial charge < -0.3 is 38.5 Å². The normalized spacial score (nSPS) is 13.4. The molecule has 1 aliphatic heterocycles. The van der Waals surface area contributed by atoms with E-state index in [1.807, 2.05) is 0 Å². The number of carbonyl (C=O) groups is 4. The number of esters is 4. The molecule has 0 aromatic carbocycles. The fraction of sp³-hybridized carbons (Fsp3) is 0.925. The molecule has 382 valence electrons. The Kier molecular flexibility index (Phi) is 42.5. The molecule has 0 aliphatic carbocycles. The quantitative estimate of drug-likeness (QED) is 0.0328. The molecule has 0 aromatic heterocycles. The highest BCUT2D eigenvalue weighted by molar-refractivity contribution is 5.70. The van der Waals surface area contributed by atoms with Gasteiger partial charge in [0.15, 0.2) is 0 Å².